The molecule has 0 aliphatic carbocycles. The van der Waals surface area contributed by atoms with Crippen molar-refractivity contribution in [2.24, 2.45) is 0 Å². The Morgan fingerprint density at radius 1 is 1.50 bits per heavy atom. The molecule has 10 heavy (non-hydrogen) atoms. The van der Waals surface area contributed by atoms with E-state index in [4.69, 9.17) is 9.84 Å². The number of carboxylic acids is 1. The maximum Gasteiger partial charge on any atom is 0.332 e. The average Bonchev–Trinajstić information content (AvgIpc) is 1.60. The Kier molecular flexibility index (Phi) is 2.84. The molecular weight excluding hydrogens is 132 g/mol. The molecular formula is C7H14O3. The molecule has 0 bridgehead atoms. The number of carboxylic acid groups (broad SMARTS) is 1. The van der Waals surface area contributed by atoms with E-state index in [9.17, 15) is 4.79 Å². The second-order valence-corrected chi connectivity index (χ2v) is 3.21. The molecule has 0 saturated heterocycles. The summed E-state index contributed by atoms with van der Waals surface area (Å²) >= 11 is 0. The molecule has 0 aliphatic heterocycles. The first-order valence-electron chi connectivity index (χ1n) is 3.23. The van der Waals surface area contributed by atoms with Gasteiger partial charge in [-0.1, -0.05) is 0 Å². The summed E-state index contributed by atoms with van der Waals surface area (Å²) in [5, 5.41) is 8.42. The van der Waals surface area contributed by atoms with Gasteiger partial charge in [-0.05, 0) is 27.7 Å². The maximum atomic E-state index is 10.3. The lowest BCUT2D eigenvalue weighted by atomic mass is 10.2. The van der Waals surface area contributed by atoms with Crippen molar-refractivity contribution >= 4 is 5.97 Å². The highest BCUT2D eigenvalue weighted by Gasteiger charge is 2.19. The Labute approximate surface area is 61.0 Å². The topological polar surface area (TPSA) is 46.5 Å². The van der Waals surface area contributed by atoms with Crippen molar-refractivity contribution in [3.8, 4) is 0 Å². The monoisotopic (exact) mass is 146 g/mol. The largest absolute Gasteiger partial charge is 0.479 e. The summed E-state index contributed by atoms with van der Waals surface area (Å²) in [5.41, 5.74) is -0.377. The fourth-order valence-electron chi connectivity index (χ4n) is 0.581. The van der Waals surface area contributed by atoms with Gasteiger partial charge in [0.05, 0.1) is 5.60 Å². The van der Waals surface area contributed by atoms with Crippen LogP contribution in [-0.4, -0.2) is 22.8 Å². The minimum atomic E-state index is -0.921. The van der Waals surface area contributed by atoms with E-state index in [1.54, 1.807) is 0 Å². The predicted octanol–water partition coefficient (Wildman–Crippen LogP) is 1.27. The van der Waals surface area contributed by atoms with Crippen LogP contribution < -0.4 is 0 Å². The van der Waals surface area contributed by atoms with E-state index in [0.717, 1.165) is 0 Å². The molecule has 0 spiro atoms. The Bertz CT molecular complexity index is 123. The first kappa shape index (κ1) is 9.43. The highest BCUT2D eigenvalue weighted by Crippen LogP contribution is 2.09. The van der Waals surface area contributed by atoms with Gasteiger partial charge in [0, 0.05) is 0 Å². The normalized spacial score (nSPS) is 14.8. The van der Waals surface area contributed by atoms with Crippen molar-refractivity contribution in [1.82, 2.24) is 0 Å². The van der Waals surface area contributed by atoms with Crippen molar-refractivity contribution in [2.45, 2.75) is 39.4 Å². The van der Waals surface area contributed by atoms with E-state index in [2.05, 4.69) is 0 Å². The van der Waals surface area contributed by atoms with Crippen LogP contribution in [0.4, 0.5) is 0 Å². The van der Waals surface area contributed by atoms with Gasteiger partial charge in [0.25, 0.3) is 0 Å². The third-order valence-electron chi connectivity index (χ3n) is 0.878. The summed E-state index contributed by atoms with van der Waals surface area (Å²) in [4.78, 5) is 10.3. The highest BCUT2D eigenvalue weighted by molar-refractivity contribution is 5.71. The van der Waals surface area contributed by atoms with E-state index in [-0.39, 0.29) is 5.60 Å². The van der Waals surface area contributed by atoms with Crippen LogP contribution >= 0.6 is 0 Å². The number of rotatable bonds is 2. The van der Waals surface area contributed by atoms with Crippen LogP contribution in [0.3, 0.4) is 0 Å². The van der Waals surface area contributed by atoms with Crippen molar-refractivity contribution < 1.29 is 14.6 Å². The summed E-state index contributed by atoms with van der Waals surface area (Å²) in [6, 6.07) is 0. The lowest BCUT2D eigenvalue weighted by molar-refractivity contribution is -0.157. The molecule has 3 nitrogen and oxygen atoms in total. The van der Waals surface area contributed by atoms with Crippen LogP contribution in [0.25, 0.3) is 0 Å². The van der Waals surface area contributed by atoms with Crippen molar-refractivity contribution in [3.63, 3.8) is 0 Å². The van der Waals surface area contributed by atoms with Gasteiger partial charge >= 0.3 is 5.97 Å². The highest BCUT2D eigenvalue weighted by atomic mass is 16.5. The minimum absolute atomic E-state index is 0.377. The van der Waals surface area contributed by atoms with E-state index in [1.807, 2.05) is 20.8 Å². The van der Waals surface area contributed by atoms with Crippen molar-refractivity contribution in [1.29, 1.82) is 0 Å². The van der Waals surface area contributed by atoms with Gasteiger partial charge in [0.1, 0.15) is 0 Å². The van der Waals surface area contributed by atoms with Crippen LogP contribution in [0.1, 0.15) is 27.7 Å². The van der Waals surface area contributed by atoms with Gasteiger partial charge < -0.3 is 9.84 Å². The van der Waals surface area contributed by atoms with Gasteiger partial charge in [0.2, 0.25) is 0 Å². The molecule has 1 atom stereocenters. The Balaban J connectivity index is 3.80. The van der Waals surface area contributed by atoms with Crippen molar-refractivity contribution in [2.75, 3.05) is 0 Å². The van der Waals surface area contributed by atoms with Crippen LogP contribution in [0.2, 0.25) is 0 Å². The second kappa shape index (κ2) is 3.01. The van der Waals surface area contributed by atoms with Gasteiger partial charge in [-0.15, -0.1) is 0 Å². The quantitative estimate of drug-likeness (QED) is 0.638. The van der Waals surface area contributed by atoms with Gasteiger partial charge in [-0.3, -0.25) is 0 Å². The zero-order valence-electron chi connectivity index (χ0n) is 6.84. The SMILES string of the molecule is CC(OC(C)(C)C)C(=O)O. The molecule has 60 valence electrons. The van der Waals surface area contributed by atoms with E-state index in [1.165, 1.54) is 6.92 Å². The second-order valence-electron chi connectivity index (χ2n) is 3.21. The van der Waals surface area contributed by atoms with Crippen LogP contribution in [0.15, 0.2) is 0 Å². The first-order chi connectivity index (χ1) is 4.33. The average molecular weight is 146 g/mol. The minimum Gasteiger partial charge on any atom is -0.479 e. The Morgan fingerprint density at radius 2 is 1.90 bits per heavy atom. The molecule has 1 unspecified atom stereocenters. The van der Waals surface area contributed by atoms with Gasteiger partial charge in [-0.2, -0.15) is 0 Å². The molecule has 0 amide bonds. The molecule has 0 aliphatic rings. The fraction of sp³-hybridized carbons (Fsp3) is 0.857. The third kappa shape index (κ3) is 4.32. The van der Waals surface area contributed by atoms with Crippen molar-refractivity contribution in [3.05, 3.63) is 0 Å². The smallest absolute Gasteiger partial charge is 0.332 e. The van der Waals surface area contributed by atoms with E-state index >= 15 is 0 Å². The summed E-state index contributed by atoms with van der Waals surface area (Å²) in [7, 11) is 0. The zero-order chi connectivity index (χ0) is 8.36. The standard InChI is InChI=1S/C7H14O3/c1-5(6(8)9)10-7(2,3)4/h5H,1-4H3,(H,8,9). The Morgan fingerprint density at radius 3 is 2.00 bits per heavy atom. The number of ether oxygens (including phenoxy) is 1. The van der Waals surface area contributed by atoms with Crippen LogP contribution in [0, 0.1) is 0 Å². The molecule has 0 heterocycles. The summed E-state index contributed by atoms with van der Waals surface area (Å²) in [6.45, 7) is 7.00. The number of hydrogen-bond donors (Lipinski definition) is 1. The molecule has 0 aromatic rings. The van der Waals surface area contributed by atoms with E-state index < -0.39 is 12.1 Å². The molecule has 0 aromatic carbocycles. The lowest BCUT2D eigenvalue weighted by Crippen LogP contribution is -2.30. The summed E-state index contributed by atoms with van der Waals surface area (Å²) < 4.78 is 5.10. The fourth-order valence-corrected chi connectivity index (χ4v) is 0.581. The summed E-state index contributed by atoms with van der Waals surface area (Å²) in [5.74, 6) is -0.921. The molecule has 0 aromatic heterocycles. The van der Waals surface area contributed by atoms with Gasteiger partial charge in [0.15, 0.2) is 6.10 Å². The number of aliphatic carboxylic acids is 1. The molecule has 1 N–H and O–H groups in total. The predicted molar refractivity (Wildman–Crippen MR) is 37.9 cm³/mol. The first-order valence-corrected chi connectivity index (χ1v) is 3.23. The van der Waals surface area contributed by atoms with E-state index in [0.29, 0.717) is 0 Å². The number of hydrogen-bond acceptors (Lipinski definition) is 2. The molecule has 0 saturated carbocycles. The summed E-state index contributed by atoms with van der Waals surface area (Å²) in [6.07, 6.45) is -0.722. The molecule has 0 rings (SSSR count). The molecule has 0 radical (unpaired) electrons. The third-order valence-corrected chi connectivity index (χ3v) is 0.878. The molecule has 0 fully saturated rings. The number of carbonyl (C=O) groups is 1. The maximum absolute atomic E-state index is 10.3. The van der Waals surface area contributed by atoms with Gasteiger partial charge in [-0.25, -0.2) is 4.79 Å². The zero-order valence-corrected chi connectivity index (χ0v) is 6.84. The van der Waals surface area contributed by atoms with Crippen LogP contribution in [0.5, 0.6) is 0 Å². The molecule has 3 heteroatoms. The Hall–Kier alpha value is -0.570. The van der Waals surface area contributed by atoms with Crippen LogP contribution in [-0.2, 0) is 9.53 Å². The lowest BCUT2D eigenvalue weighted by Gasteiger charge is -2.22.